The number of urea groups is 1. The van der Waals surface area contributed by atoms with Crippen molar-refractivity contribution in [3.05, 3.63) is 76.2 Å². The van der Waals surface area contributed by atoms with Crippen LogP contribution in [-0.4, -0.2) is 28.9 Å². The molecule has 5 nitrogen and oxygen atoms in total. The second-order valence-corrected chi connectivity index (χ2v) is 8.98. The normalized spacial score (nSPS) is 18.7. The van der Waals surface area contributed by atoms with Gasteiger partial charge in [0.2, 0.25) is 0 Å². The molecule has 3 amide bonds. The van der Waals surface area contributed by atoms with Crippen molar-refractivity contribution in [1.82, 2.24) is 10.2 Å². The molecule has 0 spiro atoms. The maximum absolute atomic E-state index is 15.1. The first kappa shape index (κ1) is 21.8. The molecular formula is C26H28FN3O2. The average Bonchev–Trinajstić information content (AvgIpc) is 2.98. The number of hydrogen-bond acceptors (Lipinski definition) is 3. The van der Waals surface area contributed by atoms with Crippen LogP contribution < -0.4 is 10.2 Å². The lowest BCUT2D eigenvalue weighted by Crippen LogP contribution is -2.45. The summed E-state index contributed by atoms with van der Waals surface area (Å²) >= 11 is 0. The Hall–Kier alpha value is -3.41. The summed E-state index contributed by atoms with van der Waals surface area (Å²) in [5.41, 5.74) is 4.89. The minimum atomic E-state index is -0.504. The molecule has 2 heterocycles. The molecule has 2 aliphatic heterocycles. The molecule has 32 heavy (non-hydrogen) atoms. The smallest absolute Gasteiger partial charge is 0.329 e. The summed E-state index contributed by atoms with van der Waals surface area (Å²) in [6.45, 7) is 11.1. The summed E-state index contributed by atoms with van der Waals surface area (Å²) in [6.07, 6.45) is 3.59. The van der Waals surface area contributed by atoms with Gasteiger partial charge in [0.1, 0.15) is 11.5 Å². The number of aryl methyl sites for hydroxylation is 1. The summed E-state index contributed by atoms with van der Waals surface area (Å²) in [7, 11) is 0. The van der Waals surface area contributed by atoms with Gasteiger partial charge in [0.25, 0.3) is 5.91 Å². The van der Waals surface area contributed by atoms with E-state index in [4.69, 9.17) is 0 Å². The number of amides is 3. The van der Waals surface area contributed by atoms with Crippen LogP contribution in [0, 0.1) is 12.7 Å². The van der Waals surface area contributed by atoms with Crippen molar-refractivity contribution in [3.63, 3.8) is 0 Å². The van der Waals surface area contributed by atoms with E-state index in [9.17, 15) is 9.59 Å². The molecule has 2 aliphatic rings. The van der Waals surface area contributed by atoms with Crippen LogP contribution in [0.25, 0.3) is 11.6 Å². The lowest BCUT2D eigenvalue weighted by Gasteiger charge is -2.42. The second kappa shape index (κ2) is 7.93. The van der Waals surface area contributed by atoms with Crippen molar-refractivity contribution in [2.45, 2.75) is 46.7 Å². The second-order valence-electron chi connectivity index (χ2n) is 8.98. The molecule has 0 aromatic heterocycles. The predicted molar refractivity (Wildman–Crippen MR) is 125 cm³/mol. The first-order valence-corrected chi connectivity index (χ1v) is 10.8. The third kappa shape index (κ3) is 3.81. The zero-order valence-electron chi connectivity index (χ0n) is 19.1. The van der Waals surface area contributed by atoms with Gasteiger partial charge in [-0.3, -0.25) is 9.69 Å². The average molecular weight is 434 g/mol. The first-order valence-electron chi connectivity index (χ1n) is 10.8. The van der Waals surface area contributed by atoms with Crippen molar-refractivity contribution in [1.29, 1.82) is 0 Å². The third-order valence-corrected chi connectivity index (χ3v) is 6.14. The Morgan fingerprint density at radius 3 is 2.44 bits per heavy atom. The Labute approximate surface area is 188 Å². The van der Waals surface area contributed by atoms with Gasteiger partial charge in [-0.15, -0.1) is 0 Å². The fourth-order valence-electron chi connectivity index (χ4n) is 4.55. The number of allylic oxidation sites excluding steroid dienone is 1. The van der Waals surface area contributed by atoms with E-state index in [1.807, 2.05) is 45.0 Å². The summed E-state index contributed by atoms with van der Waals surface area (Å²) in [4.78, 5) is 28.6. The van der Waals surface area contributed by atoms with Crippen molar-refractivity contribution in [2.75, 3.05) is 11.4 Å². The number of rotatable bonds is 4. The molecule has 0 bridgehead atoms. The molecule has 0 aliphatic carbocycles. The van der Waals surface area contributed by atoms with E-state index >= 15 is 4.39 Å². The van der Waals surface area contributed by atoms with Gasteiger partial charge in [0, 0.05) is 23.4 Å². The van der Waals surface area contributed by atoms with E-state index in [0.29, 0.717) is 0 Å². The number of likely N-dealkylation sites (N-methyl/N-ethyl adjacent to an activating group) is 1. The van der Waals surface area contributed by atoms with E-state index < -0.39 is 17.8 Å². The van der Waals surface area contributed by atoms with Gasteiger partial charge in [0.15, 0.2) is 0 Å². The standard InChI is InChI=1S/C26H28FN3O2/c1-6-30-23-13-21(27)19(11-20(23)17(3)14-26(30,4)5)12-22-24(31)29(25(32)28-22)15-18-9-7-16(2)8-10-18/h7-14H,6,15H2,1-5H3,(H,28,32)/b22-12+. The van der Waals surface area contributed by atoms with E-state index in [2.05, 4.69) is 30.1 Å². The third-order valence-electron chi connectivity index (χ3n) is 6.14. The number of benzene rings is 2. The molecule has 1 fully saturated rings. The number of anilines is 1. The fraction of sp³-hybridized carbons (Fsp3) is 0.308. The first-order chi connectivity index (χ1) is 15.1. The monoisotopic (exact) mass is 433 g/mol. The number of imide groups is 1. The maximum Gasteiger partial charge on any atom is 0.329 e. The predicted octanol–water partition coefficient (Wildman–Crippen LogP) is 5.25. The molecule has 6 heteroatoms. The molecule has 166 valence electrons. The number of nitrogens with one attached hydrogen (secondary N) is 1. The van der Waals surface area contributed by atoms with E-state index in [1.165, 1.54) is 12.1 Å². The number of fused-ring (bicyclic) bond motifs is 1. The van der Waals surface area contributed by atoms with Crippen molar-refractivity contribution >= 4 is 29.3 Å². The van der Waals surface area contributed by atoms with Gasteiger partial charge >= 0.3 is 6.03 Å². The highest BCUT2D eigenvalue weighted by Gasteiger charge is 2.34. The molecule has 1 saturated heterocycles. The van der Waals surface area contributed by atoms with Crippen LogP contribution in [0.4, 0.5) is 14.9 Å². The number of hydrogen-bond donors (Lipinski definition) is 1. The van der Waals surface area contributed by atoms with E-state index in [0.717, 1.165) is 39.4 Å². The number of carbonyl (C=O) groups is 2. The Balaban J connectivity index is 1.66. The van der Waals surface area contributed by atoms with Crippen LogP contribution in [0.3, 0.4) is 0 Å². The van der Waals surface area contributed by atoms with Crippen molar-refractivity contribution < 1.29 is 14.0 Å². The van der Waals surface area contributed by atoms with Crippen LogP contribution >= 0.6 is 0 Å². The van der Waals surface area contributed by atoms with Crippen LogP contribution in [0.1, 0.15) is 49.9 Å². The van der Waals surface area contributed by atoms with Gasteiger partial charge < -0.3 is 10.2 Å². The Morgan fingerprint density at radius 2 is 1.78 bits per heavy atom. The summed E-state index contributed by atoms with van der Waals surface area (Å²) < 4.78 is 15.1. The molecule has 1 N–H and O–H groups in total. The number of carbonyl (C=O) groups excluding carboxylic acids is 2. The Kier molecular flexibility index (Phi) is 5.41. The van der Waals surface area contributed by atoms with Crippen LogP contribution in [0.2, 0.25) is 0 Å². The minimum Gasteiger partial charge on any atom is -0.363 e. The van der Waals surface area contributed by atoms with Crippen LogP contribution in [0.15, 0.2) is 48.2 Å². The highest BCUT2D eigenvalue weighted by molar-refractivity contribution is 6.14. The Bertz CT molecular complexity index is 1160. The number of halogens is 1. The quantitative estimate of drug-likeness (QED) is 0.529. The zero-order chi connectivity index (χ0) is 23.2. The van der Waals surface area contributed by atoms with E-state index in [-0.39, 0.29) is 23.3 Å². The topological polar surface area (TPSA) is 52.7 Å². The molecular weight excluding hydrogens is 405 g/mol. The fourth-order valence-corrected chi connectivity index (χ4v) is 4.55. The lowest BCUT2D eigenvalue weighted by atomic mass is 9.88. The van der Waals surface area contributed by atoms with Crippen molar-refractivity contribution in [3.8, 4) is 0 Å². The summed E-state index contributed by atoms with van der Waals surface area (Å²) in [5.74, 6) is -0.893. The highest BCUT2D eigenvalue weighted by Crippen LogP contribution is 2.40. The van der Waals surface area contributed by atoms with Crippen LogP contribution in [0.5, 0.6) is 0 Å². The van der Waals surface area contributed by atoms with E-state index in [1.54, 1.807) is 6.07 Å². The van der Waals surface area contributed by atoms with Gasteiger partial charge in [-0.05, 0) is 64.0 Å². The molecule has 2 aromatic carbocycles. The summed E-state index contributed by atoms with van der Waals surface area (Å²) in [6, 6.07) is 10.4. The van der Waals surface area contributed by atoms with Gasteiger partial charge in [-0.1, -0.05) is 35.9 Å². The molecule has 4 rings (SSSR count). The molecule has 2 aromatic rings. The molecule has 0 radical (unpaired) electrons. The minimum absolute atomic E-state index is 0.0751. The maximum atomic E-state index is 15.1. The zero-order valence-corrected chi connectivity index (χ0v) is 19.1. The lowest BCUT2D eigenvalue weighted by molar-refractivity contribution is -0.123. The molecule has 0 atom stereocenters. The largest absolute Gasteiger partial charge is 0.363 e. The molecule has 0 saturated carbocycles. The van der Waals surface area contributed by atoms with Crippen LogP contribution in [-0.2, 0) is 11.3 Å². The molecule has 0 unspecified atom stereocenters. The Morgan fingerprint density at radius 1 is 1.09 bits per heavy atom. The number of nitrogens with zero attached hydrogens (tertiary/aromatic N) is 2. The SMILES string of the molecule is CCN1c2cc(F)c(/C=C3/NC(=O)N(Cc4ccc(C)cc4)C3=O)cc2C(C)=CC1(C)C. The highest BCUT2D eigenvalue weighted by atomic mass is 19.1. The van der Waals surface area contributed by atoms with Gasteiger partial charge in [0.05, 0.1) is 12.1 Å². The summed E-state index contributed by atoms with van der Waals surface area (Å²) in [5, 5.41) is 2.59. The van der Waals surface area contributed by atoms with Gasteiger partial charge in [-0.25, -0.2) is 9.18 Å². The van der Waals surface area contributed by atoms with Gasteiger partial charge in [-0.2, -0.15) is 0 Å². The van der Waals surface area contributed by atoms with Crippen molar-refractivity contribution in [2.24, 2.45) is 0 Å².